The number of anilines is 1. The van der Waals surface area contributed by atoms with Crippen LogP contribution in [-0.2, 0) is 0 Å². The highest BCUT2D eigenvalue weighted by atomic mass is 19.1. The van der Waals surface area contributed by atoms with Gasteiger partial charge in [0.2, 0.25) is 0 Å². The van der Waals surface area contributed by atoms with Gasteiger partial charge in [-0.05, 0) is 48.0 Å². The summed E-state index contributed by atoms with van der Waals surface area (Å²) in [5.41, 5.74) is 4.01. The van der Waals surface area contributed by atoms with Crippen molar-refractivity contribution in [3.05, 3.63) is 77.9 Å². The van der Waals surface area contributed by atoms with E-state index in [-0.39, 0.29) is 17.5 Å². The van der Waals surface area contributed by atoms with Crippen molar-refractivity contribution in [1.29, 1.82) is 0 Å². The van der Waals surface area contributed by atoms with Crippen molar-refractivity contribution in [1.82, 2.24) is 5.32 Å². The molecule has 4 nitrogen and oxygen atoms in total. The fraction of sp³-hybridized carbons (Fsp3) is 0.125. The smallest absolute Gasteiger partial charge is 0.255 e. The molecule has 0 spiro atoms. The van der Waals surface area contributed by atoms with Gasteiger partial charge < -0.3 is 14.6 Å². The summed E-state index contributed by atoms with van der Waals surface area (Å²) in [6.07, 6.45) is 0. The van der Waals surface area contributed by atoms with Crippen molar-refractivity contribution in [3.8, 4) is 22.5 Å². The maximum absolute atomic E-state index is 13.4. The van der Waals surface area contributed by atoms with E-state index in [0.29, 0.717) is 27.9 Å². The lowest BCUT2D eigenvalue weighted by atomic mass is 9.98. The van der Waals surface area contributed by atoms with E-state index in [1.54, 1.807) is 31.3 Å². The number of furan rings is 1. The van der Waals surface area contributed by atoms with Crippen molar-refractivity contribution in [3.63, 3.8) is 0 Å². The van der Waals surface area contributed by atoms with Gasteiger partial charge in [0.05, 0.1) is 5.56 Å². The second-order valence-electron chi connectivity index (χ2n) is 7.16. The van der Waals surface area contributed by atoms with Gasteiger partial charge in [-0.3, -0.25) is 4.79 Å². The van der Waals surface area contributed by atoms with Gasteiger partial charge in [0.1, 0.15) is 23.0 Å². The lowest BCUT2D eigenvalue weighted by Gasteiger charge is -2.18. The van der Waals surface area contributed by atoms with E-state index in [0.717, 1.165) is 16.8 Å². The van der Waals surface area contributed by atoms with Crippen LogP contribution in [0.4, 0.5) is 14.5 Å². The third-order valence-corrected chi connectivity index (χ3v) is 5.00. The fourth-order valence-corrected chi connectivity index (χ4v) is 3.52. The number of hydrogen-bond acceptors (Lipinski definition) is 3. The number of amides is 1. The lowest BCUT2D eigenvalue weighted by Crippen LogP contribution is -2.18. The Labute approximate surface area is 172 Å². The maximum atomic E-state index is 13.4. The highest BCUT2D eigenvalue weighted by Crippen LogP contribution is 2.40. The normalized spacial score (nSPS) is 11.0. The number of benzene rings is 3. The van der Waals surface area contributed by atoms with Crippen LogP contribution in [0, 0.1) is 11.6 Å². The third-order valence-electron chi connectivity index (χ3n) is 5.00. The number of nitrogens with zero attached hydrogens (tertiary/aromatic N) is 1. The number of carbonyl (C=O) groups is 1. The first-order chi connectivity index (χ1) is 14.4. The fourth-order valence-electron chi connectivity index (χ4n) is 3.52. The quantitative estimate of drug-likeness (QED) is 0.489. The molecule has 3 aromatic carbocycles. The Bertz CT molecular complexity index is 1230. The van der Waals surface area contributed by atoms with E-state index in [2.05, 4.69) is 5.32 Å². The Morgan fingerprint density at radius 2 is 1.47 bits per heavy atom. The number of fused-ring (bicyclic) bond motifs is 1. The van der Waals surface area contributed by atoms with E-state index in [1.165, 1.54) is 24.3 Å². The van der Waals surface area contributed by atoms with Gasteiger partial charge in [-0.15, -0.1) is 0 Å². The molecule has 1 amide bonds. The zero-order valence-electron chi connectivity index (χ0n) is 16.8. The van der Waals surface area contributed by atoms with Gasteiger partial charge in [0.15, 0.2) is 0 Å². The zero-order chi connectivity index (χ0) is 21.4. The summed E-state index contributed by atoms with van der Waals surface area (Å²) >= 11 is 0. The summed E-state index contributed by atoms with van der Waals surface area (Å²) in [7, 11) is 5.35. The highest BCUT2D eigenvalue weighted by molar-refractivity contribution is 6.12. The van der Waals surface area contributed by atoms with Gasteiger partial charge >= 0.3 is 0 Å². The van der Waals surface area contributed by atoms with Crippen LogP contribution in [0.15, 0.2) is 65.1 Å². The topological polar surface area (TPSA) is 45.5 Å². The first kappa shape index (κ1) is 19.6. The largest absolute Gasteiger partial charge is 0.455 e. The van der Waals surface area contributed by atoms with Crippen LogP contribution in [0.5, 0.6) is 0 Å². The van der Waals surface area contributed by atoms with Crippen molar-refractivity contribution in [2.45, 2.75) is 0 Å². The van der Waals surface area contributed by atoms with Gasteiger partial charge in [0, 0.05) is 49.4 Å². The van der Waals surface area contributed by atoms with Crippen LogP contribution in [0.1, 0.15) is 10.4 Å². The van der Waals surface area contributed by atoms with E-state index in [1.807, 2.05) is 31.1 Å². The van der Waals surface area contributed by atoms with E-state index in [4.69, 9.17) is 4.42 Å². The highest BCUT2D eigenvalue weighted by Gasteiger charge is 2.23. The van der Waals surface area contributed by atoms with Crippen molar-refractivity contribution >= 4 is 22.6 Å². The van der Waals surface area contributed by atoms with E-state index < -0.39 is 0 Å². The molecule has 6 heteroatoms. The molecule has 0 unspecified atom stereocenters. The van der Waals surface area contributed by atoms with Gasteiger partial charge in [-0.25, -0.2) is 8.78 Å². The molecule has 0 aliphatic rings. The molecule has 4 rings (SSSR count). The minimum absolute atomic E-state index is 0.310. The zero-order valence-corrected chi connectivity index (χ0v) is 16.8. The number of nitrogens with one attached hydrogen (secondary N) is 1. The number of hydrogen-bond donors (Lipinski definition) is 1. The molecule has 0 saturated heterocycles. The molecule has 0 aliphatic heterocycles. The molecule has 0 radical (unpaired) electrons. The molecule has 0 fully saturated rings. The predicted octanol–water partition coefficient (Wildman–Crippen LogP) is 5.47. The van der Waals surface area contributed by atoms with Gasteiger partial charge in [-0.2, -0.15) is 0 Å². The molecule has 0 atom stereocenters. The summed E-state index contributed by atoms with van der Waals surface area (Å²) in [6, 6.07) is 15.7. The number of halogens is 2. The SMILES string of the molecule is CNC(=O)c1c(-c2ccc(F)cc2)oc2cc(N(C)C)c(-c3ccc(F)cc3)cc12. The summed E-state index contributed by atoms with van der Waals surface area (Å²) in [6.45, 7) is 0. The standard InChI is InChI=1S/C24H20F2N2O2/c1-27-24(29)22-19-12-18(14-4-8-16(25)9-5-14)20(28(2)3)13-21(19)30-23(22)15-6-10-17(26)11-7-15/h4-13H,1-3H3,(H,27,29). The molecule has 0 bridgehead atoms. The van der Waals surface area contributed by atoms with Gasteiger partial charge in [0.25, 0.3) is 5.91 Å². The summed E-state index contributed by atoms with van der Waals surface area (Å²) in [5.74, 6) is -0.634. The Morgan fingerprint density at radius 3 is 2.00 bits per heavy atom. The average Bonchev–Trinajstić information content (AvgIpc) is 3.11. The van der Waals surface area contributed by atoms with Crippen molar-refractivity contribution < 1.29 is 18.0 Å². The molecule has 0 saturated carbocycles. The van der Waals surface area contributed by atoms with Crippen LogP contribution >= 0.6 is 0 Å². The van der Waals surface area contributed by atoms with Gasteiger partial charge in [-0.1, -0.05) is 12.1 Å². The number of rotatable bonds is 4. The van der Waals surface area contributed by atoms with Crippen LogP contribution in [0.25, 0.3) is 33.4 Å². The van der Waals surface area contributed by atoms with Crippen molar-refractivity contribution in [2.75, 3.05) is 26.0 Å². The minimum Gasteiger partial charge on any atom is -0.455 e. The molecule has 152 valence electrons. The molecule has 1 aromatic heterocycles. The third kappa shape index (κ3) is 3.41. The minimum atomic E-state index is -0.371. The van der Waals surface area contributed by atoms with Crippen LogP contribution < -0.4 is 10.2 Å². The molecular weight excluding hydrogens is 386 g/mol. The first-order valence-corrected chi connectivity index (χ1v) is 9.41. The monoisotopic (exact) mass is 406 g/mol. The van der Waals surface area contributed by atoms with Crippen molar-refractivity contribution in [2.24, 2.45) is 0 Å². The van der Waals surface area contributed by atoms with Crippen LogP contribution in [0.3, 0.4) is 0 Å². The summed E-state index contributed by atoms with van der Waals surface area (Å²) in [4.78, 5) is 14.7. The number of carbonyl (C=O) groups excluding carboxylic acids is 1. The summed E-state index contributed by atoms with van der Waals surface area (Å²) < 4.78 is 32.9. The lowest BCUT2D eigenvalue weighted by molar-refractivity contribution is 0.0964. The second kappa shape index (κ2) is 7.63. The average molecular weight is 406 g/mol. The van der Waals surface area contributed by atoms with E-state index in [9.17, 15) is 13.6 Å². The molecule has 0 aliphatic carbocycles. The molecular formula is C24H20F2N2O2. The van der Waals surface area contributed by atoms with Crippen LogP contribution in [-0.4, -0.2) is 27.1 Å². The first-order valence-electron chi connectivity index (χ1n) is 9.41. The Morgan fingerprint density at radius 1 is 0.900 bits per heavy atom. The molecule has 1 N–H and O–H groups in total. The summed E-state index contributed by atoms with van der Waals surface area (Å²) in [5, 5.41) is 3.28. The van der Waals surface area contributed by atoms with Crippen LogP contribution in [0.2, 0.25) is 0 Å². The van der Waals surface area contributed by atoms with E-state index >= 15 is 0 Å². The Balaban J connectivity index is 2.03. The predicted molar refractivity (Wildman–Crippen MR) is 115 cm³/mol. The molecule has 1 heterocycles. The second-order valence-corrected chi connectivity index (χ2v) is 7.16. The molecule has 4 aromatic rings. The maximum Gasteiger partial charge on any atom is 0.255 e. The Kier molecular flexibility index (Phi) is 4.99. The Hall–Kier alpha value is -3.67. The molecule has 30 heavy (non-hydrogen) atoms.